The number of rotatable bonds is 6. The van der Waals surface area contributed by atoms with E-state index in [4.69, 9.17) is 4.74 Å². The van der Waals surface area contributed by atoms with Gasteiger partial charge in [-0.2, -0.15) is 0 Å². The Labute approximate surface area is 140 Å². The molecule has 6 heteroatoms. The van der Waals surface area contributed by atoms with Gasteiger partial charge >= 0.3 is 0 Å². The standard InChI is InChI=1S/C18H19N3O3/c1-2-24-15-7-5-14(6-8-15)21-17(22)10-16(18(21)23)20-12-13-4-3-9-19-11-13/h3-9,11,16,20H,2,10,12H2,1H3. The lowest BCUT2D eigenvalue weighted by atomic mass is 10.2. The molecule has 1 aromatic carbocycles. The molecule has 124 valence electrons. The first-order valence-corrected chi connectivity index (χ1v) is 7.91. The first-order valence-electron chi connectivity index (χ1n) is 7.91. The van der Waals surface area contributed by atoms with E-state index in [9.17, 15) is 9.59 Å². The molecule has 1 saturated heterocycles. The fraction of sp³-hybridized carbons (Fsp3) is 0.278. The van der Waals surface area contributed by atoms with E-state index in [2.05, 4.69) is 10.3 Å². The normalized spacial score (nSPS) is 17.4. The average molecular weight is 325 g/mol. The lowest BCUT2D eigenvalue weighted by Crippen LogP contribution is -2.38. The van der Waals surface area contributed by atoms with E-state index in [0.717, 1.165) is 5.56 Å². The smallest absolute Gasteiger partial charge is 0.251 e. The highest BCUT2D eigenvalue weighted by Crippen LogP contribution is 2.25. The molecule has 1 fully saturated rings. The first kappa shape index (κ1) is 16.1. The summed E-state index contributed by atoms with van der Waals surface area (Å²) in [7, 11) is 0. The van der Waals surface area contributed by atoms with Crippen LogP contribution in [0, 0.1) is 0 Å². The van der Waals surface area contributed by atoms with Crippen molar-refractivity contribution in [3.8, 4) is 5.75 Å². The van der Waals surface area contributed by atoms with Crippen LogP contribution in [0.1, 0.15) is 18.9 Å². The second kappa shape index (κ2) is 7.23. The van der Waals surface area contributed by atoms with Gasteiger partial charge in [-0.05, 0) is 42.8 Å². The minimum absolute atomic E-state index is 0.159. The van der Waals surface area contributed by atoms with Gasteiger partial charge in [0, 0.05) is 18.9 Å². The Hall–Kier alpha value is -2.73. The van der Waals surface area contributed by atoms with Crippen LogP contribution in [0.3, 0.4) is 0 Å². The maximum absolute atomic E-state index is 12.5. The summed E-state index contributed by atoms with van der Waals surface area (Å²) in [5.41, 5.74) is 1.54. The van der Waals surface area contributed by atoms with Crippen LogP contribution in [0.25, 0.3) is 0 Å². The molecule has 0 aliphatic carbocycles. The molecule has 1 unspecified atom stereocenters. The minimum Gasteiger partial charge on any atom is -0.494 e. The van der Waals surface area contributed by atoms with Gasteiger partial charge in [-0.15, -0.1) is 0 Å². The number of nitrogens with zero attached hydrogens (tertiary/aromatic N) is 2. The number of hydrogen-bond acceptors (Lipinski definition) is 5. The van der Waals surface area contributed by atoms with Crippen molar-refractivity contribution >= 4 is 17.5 Å². The molecule has 0 bridgehead atoms. The van der Waals surface area contributed by atoms with Crippen LogP contribution in [0.15, 0.2) is 48.8 Å². The highest BCUT2D eigenvalue weighted by molar-refractivity contribution is 6.22. The lowest BCUT2D eigenvalue weighted by molar-refractivity contribution is -0.121. The molecule has 2 heterocycles. The van der Waals surface area contributed by atoms with Gasteiger partial charge in [0.25, 0.3) is 5.91 Å². The largest absolute Gasteiger partial charge is 0.494 e. The fourth-order valence-corrected chi connectivity index (χ4v) is 2.66. The number of benzene rings is 1. The molecule has 24 heavy (non-hydrogen) atoms. The number of aromatic nitrogens is 1. The number of anilines is 1. The van der Waals surface area contributed by atoms with Crippen LogP contribution in [0.4, 0.5) is 5.69 Å². The third-order valence-electron chi connectivity index (χ3n) is 3.83. The Morgan fingerprint density at radius 3 is 2.71 bits per heavy atom. The molecule has 2 amide bonds. The van der Waals surface area contributed by atoms with Crippen molar-refractivity contribution < 1.29 is 14.3 Å². The van der Waals surface area contributed by atoms with Crippen LogP contribution < -0.4 is 15.0 Å². The predicted octanol–water partition coefficient (Wildman–Crippen LogP) is 1.90. The van der Waals surface area contributed by atoms with E-state index in [1.807, 2.05) is 19.1 Å². The van der Waals surface area contributed by atoms with Gasteiger partial charge in [0.2, 0.25) is 5.91 Å². The van der Waals surface area contributed by atoms with Crippen molar-refractivity contribution in [1.82, 2.24) is 10.3 Å². The molecule has 2 aromatic rings. The maximum atomic E-state index is 12.5. The first-order chi connectivity index (χ1) is 11.7. The van der Waals surface area contributed by atoms with Crippen molar-refractivity contribution in [1.29, 1.82) is 0 Å². The second-order valence-electron chi connectivity index (χ2n) is 5.49. The number of hydrogen-bond donors (Lipinski definition) is 1. The number of pyridine rings is 1. The summed E-state index contributed by atoms with van der Waals surface area (Å²) in [6, 6.07) is 10.2. The van der Waals surface area contributed by atoms with Gasteiger partial charge in [0.15, 0.2) is 0 Å². The molecule has 1 aliphatic rings. The minimum atomic E-state index is -0.510. The zero-order chi connectivity index (χ0) is 16.9. The fourth-order valence-electron chi connectivity index (χ4n) is 2.66. The number of amides is 2. The maximum Gasteiger partial charge on any atom is 0.251 e. The van der Waals surface area contributed by atoms with Crippen molar-refractivity contribution in [2.24, 2.45) is 0 Å². The van der Waals surface area contributed by atoms with E-state index >= 15 is 0 Å². The molecular formula is C18H19N3O3. The van der Waals surface area contributed by atoms with Crippen LogP contribution in [0.5, 0.6) is 5.75 Å². The van der Waals surface area contributed by atoms with Gasteiger partial charge in [0.05, 0.1) is 24.8 Å². The zero-order valence-electron chi connectivity index (χ0n) is 13.4. The monoisotopic (exact) mass is 325 g/mol. The molecule has 0 spiro atoms. The van der Waals surface area contributed by atoms with Crippen LogP contribution in [-0.4, -0.2) is 29.4 Å². The van der Waals surface area contributed by atoms with Gasteiger partial charge in [0.1, 0.15) is 5.75 Å². The third kappa shape index (κ3) is 3.44. The highest BCUT2D eigenvalue weighted by atomic mass is 16.5. The van der Waals surface area contributed by atoms with E-state index in [0.29, 0.717) is 24.6 Å². The van der Waals surface area contributed by atoms with Crippen molar-refractivity contribution in [3.63, 3.8) is 0 Å². The summed E-state index contributed by atoms with van der Waals surface area (Å²) < 4.78 is 5.38. The molecule has 1 aliphatic heterocycles. The van der Waals surface area contributed by atoms with E-state index < -0.39 is 6.04 Å². The average Bonchev–Trinajstić information content (AvgIpc) is 2.89. The highest BCUT2D eigenvalue weighted by Gasteiger charge is 2.39. The van der Waals surface area contributed by atoms with Gasteiger partial charge in [-0.1, -0.05) is 6.07 Å². The van der Waals surface area contributed by atoms with Crippen LogP contribution in [0.2, 0.25) is 0 Å². The lowest BCUT2D eigenvalue weighted by Gasteiger charge is -2.16. The molecule has 3 rings (SSSR count). The Kier molecular flexibility index (Phi) is 4.86. The topological polar surface area (TPSA) is 71.5 Å². The van der Waals surface area contributed by atoms with E-state index in [-0.39, 0.29) is 18.2 Å². The SMILES string of the molecule is CCOc1ccc(N2C(=O)CC(NCc3cccnc3)C2=O)cc1. The summed E-state index contributed by atoms with van der Waals surface area (Å²) in [5.74, 6) is 0.285. The van der Waals surface area contributed by atoms with Gasteiger partial charge < -0.3 is 10.1 Å². The second-order valence-corrected chi connectivity index (χ2v) is 5.49. The Bertz CT molecular complexity index is 716. The molecule has 1 aromatic heterocycles. The number of carbonyl (C=O) groups excluding carboxylic acids is 2. The number of nitrogens with one attached hydrogen (secondary N) is 1. The van der Waals surface area contributed by atoms with E-state index in [1.165, 1.54) is 4.90 Å². The number of carbonyl (C=O) groups is 2. The summed E-state index contributed by atoms with van der Waals surface area (Å²) >= 11 is 0. The van der Waals surface area contributed by atoms with Crippen molar-refractivity contribution in [3.05, 3.63) is 54.4 Å². The molecule has 1 N–H and O–H groups in total. The Morgan fingerprint density at radius 2 is 2.04 bits per heavy atom. The van der Waals surface area contributed by atoms with E-state index in [1.54, 1.807) is 36.7 Å². The summed E-state index contributed by atoms with van der Waals surface area (Å²) in [4.78, 5) is 30.1. The van der Waals surface area contributed by atoms with Gasteiger partial charge in [-0.25, -0.2) is 4.90 Å². The molecular weight excluding hydrogens is 306 g/mol. The predicted molar refractivity (Wildman–Crippen MR) is 89.6 cm³/mol. The van der Waals surface area contributed by atoms with Crippen LogP contribution in [-0.2, 0) is 16.1 Å². The number of ether oxygens (including phenoxy) is 1. The summed E-state index contributed by atoms with van der Waals surface area (Å²) in [6.07, 6.45) is 3.59. The van der Waals surface area contributed by atoms with Gasteiger partial charge in [-0.3, -0.25) is 14.6 Å². The third-order valence-corrected chi connectivity index (χ3v) is 3.83. The molecule has 0 saturated carbocycles. The summed E-state index contributed by atoms with van der Waals surface area (Å²) in [5, 5.41) is 3.13. The molecule has 1 atom stereocenters. The zero-order valence-corrected chi connectivity index (χ0v) is 13.4. The number of imide groups is 1. The van der Waals surface area contributed by atoms with Crippen molar-refractivity contribution in [2.75, 3.05) is 11.5 Å². The quantitative estimate of drug-likeness (QED) is 0.821. The Morgan fingerprint density at radius 1 is 1.25 bits per heavy atom. The Balaban J connectivity index is 1.67. The summed E-state index contributed by atoms with van der Waals surface area (Å²) in [6.45, 7) is 2.97. The molecule has 6 nitrogen and oxygen atoms in total. The van der Waals surface area contributed by atoms with Crippen LogP contribution >= 0.6 is 0 Å². The van der Waals surface area contributed by atoms with Crippen molar-refractivity contribution in [2.45, 2.75) is 25.9 Å². The molecule has 0 radical (unpaired) electrons.